The second-order valence-corrected chi connectivity index (χ2v) is 8.38. The molecule has 0 radical (unpaired) electrons. The Balaban J connectivity index is 2.07. The zero-order valence-electron chi connectivity index (χ0n) is 19.5. The highest BCUT2D eigenvalue weighted by Crippen LogP contribution is 2.19. The molecule has 0 bridgehead atoms. The van der Waals surface area contributed by atoms with Crippen LogP contribution in [0.25, 0.3) is 10.9 Å². The number of aliphatic carboxylic acids is 1. The molecule has 1 heterocycles. The quantitative estimate of drug-likeness (QED) is 0.218. The minimum atomic E-state index is -1.36. The van der Waals surface area contributed by atoms with Crippen LogP contribution >= 0.6 is 0 Å². The average molecular weight is 476 g/mol. The van der Waals surface area contributed by atoms with E-state index in [0.29, 0.717) is 6.42 Å². The third-order valence-corrected chi connectivity index (χ3v) is 5.72. The van der Waals surface area contributed by atoms with Crippen LogP contribution < -0.4 is 21.7 Å². The van der Waals surface area contributed by atoms with E-state index in [9.17, 15) is 24.3 Å². The molecule has 186 valence electrons. The molecule has 0 aliphatic carbocycles. The molecule has 34 heavy (non-hydrogen) atoms. The van der Waals surface area contributed by atoms with E-state index < -0.39 is 54.5 Å². The van der Waals surface area contributed by atoms with E-state index in [0.717, 1.165) is 16.5 Å². The molecular weight excluding hydrogens is 442 g/mol. The number of carbonyl (C=O) groups excluding carboxylic acids is 3. The molecular formula is C23H33N5O6. The van der Waals surface area contributed by atoms with Crippen molar-refractivity contribution in [3.05, 3.63) is 36.0 Å². The minimum Gasteiger partial charge on any atom is -0.480 e. The maximum absolute atomic E-state index is 12.9. The molecule has 11 heteroatoms. The predicted molar refractivity (Wildman–Crippen MR) is 126 cm³/mol. The number of hydrogen-bond acceptors (Lipinski definition) is 6. The number of nitrogens with one attached hydrogen (secondary N) is 4. The van der Waals surface area contributed by atoms with Gasteiger partial charge in [0, 0.05) is 17.1 Å². The van der Waals surface area contributed by atoms with Gasteiger partial charge in [0.25, 0.3) is 0 Å². The highest BCUT2D eigenvalue weighted by Gasteiger charge is 2.33. The second kappa shape index (κ2) is 12.1. The van der Waals surface area contributed by atoms with E-state index in [1.165, 1.54) is 6.92 Å². The molecule has 0 fully saturated rings. The van der Waals surface area contributed by atoms with Gasteiger partial charge in [-0.3, -0.25) is 19.2 Å². The Labute approximate surface area is 197 Å². The van der Waals surface area contributed by atoms with Gasteiger partial charge in [-0.1, -0.05) is 38.5 Å². The maximum atomic E-state index is 12.9. The number of nitrogens with two attached hydrogens (primary N) is 1. The van der Waals surface area contributed by atoms with Crippen LogP contribution in [-0.2, 0) is 25.6 Å². The third-order valence-electron chi connectivity index (χ3n) is 5.72. The van der Waals surface area contributed by atoms with Gasteiger partial charge >= 0.3 is 5.97 Å². The number of amides is 3. The number of aromatic nitrogens is 1. The summed E-state index contributed by atoms with van der Waals surface area (Å²) in [4.78, 5) is 51.9. The molecule has 2 rings (SSSR count). The summed E-state index contributed by atoms with van der Waals surface area (Å²) in [5.74, 6) is -3.63. The summed E-state index contributed by atoms with van der Waals surface area (Å²) >= 11 is 0. The van der Waals surface area contributed by atoms with Crippen molar-refractivity contribution in [1.29, 1.82) is 0 Å². The lowest BCUT2D eigenvalue weighted by Gasteiger charge is -2.28. The summed E-state index contributed by atoms with van der Waals surface area (Å²) in [6.07, 6.45) is 1.22. The summed E-state index contributed by atoms with van der Waals surface area (Å²) in [5.41, 5.74) is 7.82. The molecule has 8 N–H and O–H groups in total. The summed E-state index contributed by atoms with van der Waals surface area (Å²) in [5, 5.41) is 27.1. The number of hydrogen-bond donors (Lipinski definition) is 7. The van der Waals surface area contributed by atoms with Crippen molar-refractivity contribution >= 4 is 34.6 Å². The number of benzene rings is 1. The van der Waals surface area contributed by atoms with Crippen LogP contribution in [-0.4, -0.2) is 69.7 Å². The fraction of sp³-hybridized carbons (Fsp3) is 0.478. The highest BCUT2D eigenvalue weighted by molar-refractivity contribution is 5.94. The van der Waals surface area contributed by atoms with Crippen LogP contribution in [0.15, 0.2) is 30.5 Å². The van der Waals surface area contributed by atoms with Crippen LogP contribution in [0.4, 0.5) is 0 Å². The van der Waals surface area contributed by atoms with Gasteiger partial charge in [-0.2, -0.15) is 0 Å². The first-order chi connectivity index (χ1) is 16.0. The Kier molecular flexibility index (Phi) is 9.58. The number of aromatic amines is 1. The molecule has 0 saturated heterocycles. The number of aliphatic hydroxyl groups is 1. The molecule has 2 aromatic rings. The molecule has 0 aliphatic rings. The third kappa shape index (κ3) is 7.03. The maximum Gasteiger partial charge on any atom is 0.322 e. The molecule has 5 unspecified atom stereocenters. The van der Waals surface area contributed by atoms with Crippen LogP contribution in [0, 0.1) is 5.92 Å². The van der Waals surface area contributed by atoms with E-state index in [1.54, 1.807) is 13.1 Å². The standard InChI is InChI=1S/C23H33N5O6/c1-4-12(2)19(22(33)26-11-18(30)31)27-23(34)20(13(3)29)28-21(32)16(24)9-14-10-25-17-8-6-5-7-15(14)17/h5-8,10,12-13,16,19-20,25,29H,4,9,11,24H2,1-3H3,(H,26,33)(H,27,34)(H,28,32)(H,30,31). The van der Waals surface area contributed by atoms with Gasteiger partial charge in [0.2, 0.25) is 17.7 Å². The van der Waals surface area contributed by atoms with Gasteiger partial charge in [-0.05, 0) is 30.9 Å². The smallest absolute Gasteiger partial charge is 0.322 e. The molecule has 1 aromatic heterocycles. The monoisotopic (exact) mass is 475 g/mol. The number of para-hydroxylation sites is 1. The number of fused-ring (bicyclic) bond motifs is 1. The molecule has 0 saturated carbocycles. The number of carbonyl (C=O) groups is 4. The van der Waals surface area contributed by atoms with Crippen molar-refractivity contribution in [2.45, 2.75) is 57.8 Å². The van der Waals surface area contributed by atoms with Crippen LogP contribution in [0.3, 0.4) is 0 Å². The van der Waals surface area contributed by atoms with Crippen molar-refractivity contribution in [3.8, 4) is 0 Å². The molecule has 11 nitrogen and oxygen atoms in total. The van der Waals surface area contributed by atoms with Crippen molar-refractivity contribution in [2.75, 3.05) is 6.54 Å². The first-order valence-electron chi connectivity index (χ1n) is 11.1. The van der Waals surface area contributed by atoms with Crippen molar-refractivity contribution < 1.29 is 29.4 Å². The van der Waals surface area contributed by atoms with Gasteiger partial charge in [0.1, 0.15) is 18.6 Å². The summed E-state index contributed by atoms with van der Waals surface area (Å²) < 4.78 is 0. The first-order valence-corrected chi connectivity index (χ1v) is 11.1. The number of rotatable bonds is 12. The largest absolute Gasteiger partial charge is 0.480 e. The Bertz CT molecular complexity index is 1020. The highest BCUT2D eigenvalue weighted by atomic mass is 16.4. The fourth-order valence-electron chi connectivity index (χ4n) is 3.51. The molecule has 0 aliphatic heterocycles. The number of carboxylic acids is 1. The Morgan fingerprint density at radius 2 is 1.68 bits per heavy atom. The van der Waals surface area contributed by atoms with Gasteiger partial charge in [0.15, 0.2) is 0 Å². The second-order valence-electron chi connectivity index (χ2n) is 8.38. The average Bonchev–Trinajstić information content (AvgIpc) is 3.20. The van der Waals surface area contributed by atoms with Gasteiger partial charge < -0.3 is 36.9 Å². The van der Waals surface area contributed by atoms with Gasteiger partial charge in [-0.25, -0.2) is 0 Å². The van der Waals surface area contributed by atoms with Crippen LogP contribution in [0.1, 0.15) is 32.8 Å². The van der Waals surface area contributed by atoms with Gasteiger partial charge in [0.05, 0.1) is 12.1 Å². The van der Waals surface area contributed by atoms with E-state index in [2.05, 4.69) is 20.9 Å². The van der Waals surface area contributed by atoms with Crippen LogP contribution in [0.5, 0.6) is 0 Å². The lowest BCUT2D eigenvalue weighted by Crippen LogP contribution is -2.60. The molecule has 0 spiro atoms. The number of aliphatic hydroxyl groups excluding tert-OH is 1. The zero-order chi connectivity index (χ0) is 25.4. The normalized spacial score (nSPS) is 15.6. The van der Waals surface area contributed by atoms with Crippen molar-refractivity contribution in [2.24, 2.45) is 11.7 Å². The molecule has 1 aromatic carbocycles. The Morgan fingerprint density at radius 3 is 2.29 bits per heavy atom. The Hall–Kier alpha value is -3.44. The van der Waals surface area contributed by atoms with Crippen molar-refractivity contribution in [3.63, 3.8) is 0 Å². The number of carboxylic acid groups (broad SMARTS) is 1. The van der Waals surface area contributed by atoms with E-state index >= 15 is 0 Å². The zero-order valence-corrected chi connectivity index (χ0v) is 19.5. The lowest BCUT2D eigenvalue weighted by molar-refractivity contribution is -0.139. The molecule has 3 amide bonds. The van der Waals surface area contributed by atoms with E-state index in [4.69, 9.17) is 10.8 Å². The summed E-state index contributed by atoms with van der Waals surface area (Å²) in [6, 6.07) is 4.17. The molecule has 5 atom stereocenters. The SMILES string of the molecule is CCC(C)C(NC(=O)C(NC(=O)C(N)Cc1c[nH]c2ccccc12)C(C)O)C(=O)NCC(=O)O. The summed E-state index contributed by atoms with van der Waals surface area (Å²) in [6.45, 7) is 4.27. The van der Waals surface area contributed by atoms with E-state index in [1.807, 2.05) is 31.2 Å². The Morgan fingerprint density at radius 1 is 1.03 bits per heavy atom. The van der Waals surface area contributed by atoms with E-state index in [-0.39, 0.29) is 12.3 Å². The van der Waals surface area contributed by atoms with Crippen molar-refractivity contribution in [1.82, 2.24) is 20.9 Å². The fourth-order valence-corrected chi connectivity index (χ4v) is 3.51. The summed E-state index contributed by atoms with van der Waals surface area (Å²) in [7, 11) is 0. The first kappa shape index (κ1) is 26.8. The number of H-pyrrole nitrogens is 1. The van der Waals surface area contributed by atoms with Gasteiger partial charge in [-0.15, -0.1) is 0 Å². The predicted octanol–water partition coefficient (Wildman–Crippen LogP) is -0.365. The van der Waals surface area contributed by atoms with Crippen LogP contribution in [0.2, 0.25) is 0 Å². The minimum absolute atomic E-state index is 0.205. The lowest BCUT2D eigenvalue weighted by atomic mass is 9.97. The topological polar surface area (TPSA) is 187 Å².